The lowest BCUT2D eigenvalue weighted by Gasteiger charge is -2.23. The Morgan fingerprint density at radius 3 is 2.79 bits per heavy atom. The summed E-state index contributed by atoms with van der Waals surface area (Å²) in [6.45, 7) is 1.54. The molecule has 0 radical (unpaired) electrons. The fourth-order valence-corrected chi connectivity index (χ4v) is 3.88. The molecule has 2 aliphatic rings. The van der Waals surface area contributed by atoms with Crippen molar-refractivity contribution in [2.24, 2.45) is 0 Å². The summed E-state index contributed by atoms with van der Waals surface area (Å²) < 4.78 is 14.1. The van der Waals surface area contributed by atoms with Gasteiger partial charge in [-0.15, -0.1) is 0 Å². The van der Waals surface area contributed by atoms with Crippen molar-refractivity contribution in [3.63, 3.8) is 0 Å². The lowest BCUT2D eigenvalue weighted by molar-refractivity contribution is -0.0400. The zero-order valence-electron chi connectivity index (χ0n) is 14.1. The van der Waals surface area contributed by atoms with Crippen LogP contribution in [0.4, 0.5) is 0 Å². The van der Waals surface area contributed by atoms with E-state index in [9.17, 15) is 0 Å². The van der Waals surface area contributed by atoms with Crippen LogP contribution in [0, 0.1) is 0 Å². The molecule has 0 amide bonds. The maximum Gasteiger partial charge on any atom is 0.150 e. The number of hydrogen-bond donors (Lipinski definition) is 0. The second kappa shape index (κ2) is 7.49. The second-order valence-electron chi connectivity index (χ2n) is 6.91. The number of benzene rings is 1. The third-order valence-corrected chi connectivity index (χ3v) is 5.22. The van der Waals surface area contributed by atoms with E-state index < -0.39 is 0 Å². The van der Waals surface area contributed by atoms with Crippen LogP contribution in [0.1, 0.15) is 61.9 Å². The molecule has 0 spiro atoms. The van der Waals surface area contributed by atoms with Gasteiger partial charge >= 0.3 is 0 Å². The first-order valence-corrected chi connectivity index (χ1v) is 9.22. The van der Waals surface area contributed by atoms with E-state index in [2.05, 4.69) is 36.5 Å². The largest absolute Gasteiger partial charge is 0.373 e. The summed E-state index contributed by atoms with van der Waals surface area (Å²) in [7, 11) is 0. The van der Waals surface area contributed by atoms with Crippen LogP contribution in [-0.4, -0.2) is 22.5 Å². The van der Waals surface area contributed by atoms with Crippen molar-refractivity contribution in [1.29, 1.82) is 0 Å². The van der Waals surface area contributed by atoms with Gasteiger partial charge in [0.25, 0.3) is 0 Å². The Kier molecular flexibility index (Phi) is 4.95. The highest BCUT2D eigenvalue weighted by molar-refractivity contribution is 5.14. The van der Waals surface area contributed by atoms with Crippen molar-refractivity contribution in [2.75, 3.05) is 6.61 Å². The van der Waals surface area contributed by atoms with Gasteiger partial charge in [0.05, 0.1) is 18.4 Å². The van der Waals surface area contributed by atoms with Crippen LogP contribution < -0.4 is 0 Å². The Morgan fingerprint density at radius 1 is 1.04 bits per heavy atom. The van der Waals surface area contributed by atoms with Crippen molar-refractivity contribution in [1.82, 2.24) is 9.78 Å². The second-order valence-corrected chi connectivity index (χ2v) is 6.91. The minimum Gasteiger partial charge on any atom is -0.373 e. The quantitative estimate of drug-likeness (QED) is 0.815. The number of hydrogen-bond acceptors (Lipinski definition) is 3. The van der Waals surface area contributed by atoms with Crippen molar-refractivity contribution < 1.29 is 9.47 Å². The van der Waals surface area contributed by atoms with Crippen molar-refractivity contribution in [3.8, 4) is 0 Å². The molecule has 2 heterocycles. The molecule has 4 rings (SSSR count). The Hall–Kier alpha value is -1.65. The van der Waals surface area contributed by atoms with Crippen LogP contribution in [0.15, 0.2) is 42.6 Å². The van der Waals surface area contributed by atoms with Crippen LogP contribution in [0.3, 0.4) is 0 Å². The summed E-state index contributed by atoms with van der Waals surface area (Å²) in [6.07, 6.45) is 9.47. The summed E-state index contributed by atoms with van der Waals surface area (Å²) >= 11 is 0. The van der Waals surface area contributed by atoms with Crippen LogP contribution in [-0.2, 0) is 16.1 Å². The third kappa shape index (κ3) is 3.55. The van der Waals surface area contributed by atoms with E-state index in [0.717, 1.165) is 19.4 Å². The zero-order valence-corrected chi connectivity index (χ0v) is 14.1. The average Bonchev–Trinajstić information content (AvgIpc) is 3.31. The van der Waals surface area contributed by atoms with Gasteiger partial charge in [-0.2, -0.15) is 5.10 Å². The molecule has 1 aliphatic carbocycles. The van der Waals surface area contributed by atoms with Crippen molar-refractivity contribution in [3.05, 3.63) is 53.9 Å². The minimum atomic E-state index is 0.123. The first-order chi connectivity index (χ1) is 11.9. The fourth-order valence-electron chi connectivity index (χ4n) is 3.88. The lowest BCUT2D eigenvalue weighted by atomic mass is 10.0. The Bertz CT molecular complexity index is 634. The molecule has 3 atom stereocenters. The highest BCUT2D eigenvalue weighted by atomic mass is 16.5. The van der Waals surface area contributed by atoms with Crippen molar-refractivity contribution in [2.45, 2.75) is 63.4 Å². The number of aromatic nitrogens is 2. The van der Waals surface area contributed by atoms with E-state index in [1.807, 2.05) is 10.7 Å². The highest BCUT2D eigenvalue weighted by Crippen LogP contribution is 2.36. The number of nitrogens with zero attached hydrogens (tertiary/aromatic N) is 2. The molecule has 0 bridgehead atoms. The zero-order chi connectivity index (χ0) is 16.2. The SMILES string of the molecule is c1ccc(CO[C@@H]2CCC[C@H]2c2ccn(C3CCCCO3)n2)cc1. The van der Waals surface area contributed by atoms with Gasteiger partial charge in [-0.25, -0.2) is 4.68 Å². The Balaban J connectivity index is 1.40. The Labute approximate surface area is 143 Å². The lowest BCUT2D eigenvalue weighted by Crippen LogP contribution is -2.20. The average molecular weight is 326 g/mol. The van der Waals surface area contributed by atoms with E-state index in [-0.39, 0.29) is 12.3 Å². The van der Waals surface area contributed by atoms with Crippen LogP contribution in [0.5, 0.6) is 0 Å². The summed E-state index contributed by atoms with van der Waals surface area (Å²) in [6, 6.07) is 12.6. The van der Waals surface area contributed by atoms with Gasteiger partial charge in [-0.3, -0.25) is 0 Å². The van der Waals surface area contributed by atoms with Gasteiger partial charge in [0.15, 0.2) is 0 Å². The molecule has 2 fully saturated rings. The molecule has 1 aromatic heterocycles. The van der Waals surface area contributed by atoms with Gasteiger partial charge in [0.2, 0.25) is 0 Å². The van der Waals surface area contributed by atoms with Gasteiger partial charge in [-0.1, -0.05) is 36.8 Å². The maximum absolute atomic E-state index is 6.23. The first-order valence-electron chi connectivity index (χ1n) is 9.22. The predicted molar refractivity (Wildman–Crippen MR) is 92.7 cm³/mol. The topological polar surface area (TPSA) is 36.3 Å². The molecule has 1 unspecified atom stereocenters. The summed E-state index contributed by atoms with van der Waals surface area (Å²) in [4.78, 5) is 0. The monoisotopic (exact) mass is 326 g/mol. The summed E-state index contributed by atoms with van der Waals surface area (Å²) in [5.41, 5.74) is 2.41. The molecule has 1 aliphatic heterocycles. The number of ether oxygens (including phenoxy) is 2. The smallest absolute Gasteiger partial charge is 0.150 e. The molecule has 1 aromatic carbocycles. The van der Waals surface area contributed by atoms with Gasteiger partial charge in [0, 0.05) is 18.7 Å². The molecule has 2 aromatic rings. The molecule has 0 N–H and O–H groups in total. The number of rotatable bonds is 5. The molecular formula is C20H26N2O2. The van der Waals surface area contributed by atoms with E-state index in [1.54, 1.807) is 0 Å². The molecular weight excluding hydrogens is 300 g/mol. The normalized spacial score (nSPS) is 27.4. The molecule has 4 heteroatoms. The molecule has 1 saturated carbocycles. The van der Waals surface area contributed by atoms with E-state index >= 15 is 0 Å². The first kappa shape index (κ1) is 15.9. The van der Waals surface area contributed by atoms with Crippen LogP contribution >= 0.6 is 0 Å². The Morgan fingerprint density at radius 2 is 1.96 bits per heavy atom. The van der Waals surface area contributed by atoms with Crippen LogP contribution in [0.25, 0.3) is 0 Å². The minimum absolute atomic E-state index is 0.123. The predicted octanol–water partition coefficient (Wildman–Crippen LogP) is 4.44. The van der Waals surface area contributed by atoms with Gasteiger partial charge in [-0.05, 0) is 43.7 Å². The van der Waals surface area contributed by atoms with E-state index in [4.69, 9.17) is 14.6 Å². The highest BCUT2D eigenvalue weighted by Gasteiger charge is 2.31. The van der Waals surface area contributed by atoms with Gasteiger partial charge < -0.3 is 9.47 Å². The van der Waals surface area contributed by atoms with Crippen LogP contribution in [0.2, 0.25) is 0 Å². The molecule has 1 saturated heterocycles. The maximum atomic E-state index is 6.23. The van der Waals surface area contributed by atoms with Gasteiger partial charge in [0.1, 0.15) is 6.23 Å². The van der Waals surface area contributed by atoms with Crippen molar-refractivity contribution >= 4 is 0 Å². The fraction of sp³-hybridized carbons (Fsp3) is 0.550. The molecule has 24 heavy (non-hydrogen) atoms. The van der Waals surface area contributed by atoms with E-state index in [0.29, 0.717) is 12.5 Å². The third-order valence-electron chi connectivity index (χ3n) is 5.22. The summed E-state index contributed by atoms with van der Waals surface area (Å²) in [5, 5.41) is 4.83. The summed E-state index contributed by atoms with van der Waals surface area (Å²) in [5.74, 6) is 0.415. The molecule has 128 valence electrons. The molecule has 4 nitrogen and oxygen atoms in total. The van der Waals surface area contributed by atoms with E-state index in [1.165, 1.54) is 36.9 Å². The standard InChI is InChI=1S/C20H26N2O2/c1-2-7-16(8-3-1)15-24-19-10-6-9-17(19)18-12-13-22(21-18)20-11-4-5-14-23-20/h1-3,7-8,12-13,17,19-20H,4-6,9-11,14-15H2/t17-,19+,20?/m0/s1.